The van der Waals surface area contributed by atoms with Crippen LogP contribution in [0.15, 0.2) is 22.7 Å². The van der Waals surface area contributed by atoms with E-state index in [1.54, 1.807) is 18.2 Å². The second-order valence-corrected chi connectivity index (χ2v) is 4.64. The summed E-state index contributed by atoms with van der Waals surface area (Å²) in [5.74, 6) is 0.139. The van der Waals surface area contributed by atoms with Gasteiger partial charge < -0.3 is 9.47 Å². The fraction of sp³-hybridized carbons (Fsp3) is 0.417. The van der Waals surface area contributed by atoms with Crippen LogP contribution in [-0.2, 0) is 16.0 Å². The Balaban J connectivity index is 2.52. The lowest BCUT2D eigenvalue weighted by Gasteiger charge is -2.08. The Labute approximate surface area is 116 Å². The first-order valence-electron chi connectivity index (χ1n) is 5.30. The van der Waals surface area contributed by atoms with Gasteiger partial charge in [0.05, 0.1) is 7.11 Å². The molecule has 3 nitrogen and oxygen atoms in total. The Hall–Kier alpha value is -1.08. The lowest BCUT2D eigenvalue weighted by atomic mass is 10.1. The number of rotatable bonds is 6. The van der Waals surface area contributed by atoms with E-state index < -0.39 is 25.2 Å². The van der Waals surface area contributed by atoms with Gasteiger partial charge in [-0.05, 0) is 23.8 Å². The second-order valence-electron chi connectivity index (χ2n) is 3.78. The highest BCUT2D eigenvalue weighted by Crippen LogP contribution is 2.23. The van der Waals surface area contributed by atoms with Crippen molar-refractivity contribution in [2.75, 3.05) is 20.3 Å². The third-order valence-corrected chi connectivity index (χ3v) is 2.94. The van der Waals surface area contributed by atoms with Gasteiger partial charge in [-0.15, -0.1) is 0 Å². The molecule has 0 radical (unpaired) electrons. The minimum atomic E-state index is -4.42. The maximum absolute atomic E-state index is 11.8. The van der Waals surface area contributed by atoms with Gasteiger partial charge in [-0.3, -0.25) is 4.79 Å². The molecule has 1 aromatic carbocycles. The molecule has 0 bridgehead atoms. The van der Waals surface area contributed by atoms with Crippen LogP contribution in [0.3, 0.4) is 0 Å². The highest BCUT2D eigenvalue weighted by atomic mass is 79.9. The third-order valence-electron chi connectivity index (χ3n) is 2.17. The van der Waals surface area contributed by atoms with E-state index in [1.807, 2.05) is 0 Å². The molecule has 0 amide bonds. The van der Waals surface area contributed by atoms with Gasteiger partial charge in [0.1, 0.15) is 19.0 Å². The molecule has 1 aromatic rings. The van der Waals surface area contributed by atoms with Gasteiger partial charge >= 0.3 is 6.18 Å². The highest BCUT2D eigenvalue weighted by Gasteiger charge is 2.27. The first-order chi connectivity index (χ1) is 8.81. The van der Waals surface area contributed by atoms with Crippen LogP contribution in [0.25, 0.3) is 0 Å². The Morgan fingerprint density at radius 2 is 2.05 bits per heavy atom. The van der Waals surface area contributed by atoms with Gasteiger partial charge in [0.25, 0.3) is 0 Å². The van der Waals surface area contributed by atoms with E-state index in [-0.39, 0.29) is 6.42 Å². The quantitative estimate of drug-likeness (QED) is 0.798. The molecule has 0 unspecified atom stereocenters. The van der Waals surface area contributed by atoms with Crippen molar-refractivity contribution in [2.45, 2.75) is 12.6 Å². The van der Waals surface area contributed by atoms with Gasteiger partial charge in [-0.2, -0.15) is 13.2 Å². The first-order valence-corrected chi connectivity index (χ1v) is 6.10. The van der Waals surface area contributed by atoms with E-state index in [4.69, 9.17) is 4.74 Å². The lowest BCUT2D eigenvalue weighted by Crippen LogP contribution is -2.21. The van der Waals surface area contributed by atoms with E-state index in [9.17, 15) is 18.0 Å². The molecule has 0 N–H and O–H groups in total. The topological polar surface area (TPSA) is 35.5 Å². The van der Waals surface area contributed by atoms with Crippen LogP contribution in [0.2, 0.25) is 0 Å². The number of hydrogen-bond donors (Lipinski definition) is 0. The SMILES string of the molecule is COc1ccc(Br)c(CC(=O)COCC(F)(F)F)c1. The number of hydrogen-bond acceptors (Lipinski definition) is 3. The van der Waals surface area contributed by atoms with Crippen molar-refractivity contribution in [3.8, 4) is 5.75 Å². The largest absolute Gasteiger partial charge is 0.497 e. The summed E-state index contributed by atoms with van der Waals surface area (Å²) in [4.78, 5) is 11.5. The van der Waals surface area contributed by atoms with Gasteiger partial charge in [-0.25, -0.2) is 0 Å². The molecule has 7 heteroatoms. The number of methoxy groups -OCH3 is 1. The fourth-order valence-corrected chi connectivity index (χ4v) is 1.74. The molecule has 19 heavy (non-hydrogen) atoms. The van der Waals surface area contributed by atoms with Crippen molar-refractivity contribution in [1.82, 2.24) is 0 Å². The zero-order valence-corrected chi connectivity index (χ0v) is 11.7. The second kappa shape index (κ2) is 6.91. The monoisotopic (exact) mass is 340 g/mol. The molecule has 0 saturated carbocycles. The number of carbonyl (C=O) groups excluding carboxylic acids is 1. The van der Waals surface area contributed by atoms with Crippen molar-refractivity contribution < 1.29 is 27.4 Å². The number of ether oxygens (including phenoxy) is 2. The van der Waals surface area contributed by atoms with Crippen LogP contribution in [0.4, 0.5) is 13.2 Å². The average Bonchev–Trinajstić information content (AvgIpc) is 2.30. The summed E-state index contributed by atoms with van der Waals surface area (Å²) < 4.78 is 45.5. The summed E-state index contributed by atoms with van der Waals surface area (Å²) in [5, 5.41) is 0. The van der Waals surface area contributed by atoms with Gasteiger partial charge in [-0.1, -0.05) is 15.9 Å². The van der Waals surface area contributed by atoms with Crippen molar-refractivity contribution in [1.29, 1.82) is 0 Å². The molecule has 106 valence electrons. The lowest BCUT2D eigenvalue weighted by molar-refractivity contribution is -0.175. The Bertz CT molecular complexity index is 446. The summed E-state index contributed by atoms with van der Waals surface area (Å²) >= 11 is 3.26. The predicted molar refractivity (Wildman–Crippen MR) is 66.3 cm³/mol. The highest BCUT2D eigenvalue weighted by molar-refractivity contribution is 9.10. The van der Waals surface area contributed by atoms with Gasteiger partial charge in [0, 0.05) is 10.9 Å². The van der Waals surface area contributed by atoms with Crippen molar-refractivity contribution in [2.24, 2.45) is 0 Å². The normalized spacial score (nSPS) is 11.4. The van der Waals surface area contributed by atoms with Crippen molar-refractivity contribution in [3.05, 3.63) is 28.2 Å². The van der Waals surface area contributed by atoms with E-state index >= 15 is 0 Å². The number of ketones is 1. The Kier molecular flexibility index (Phi) is 5.81. The molecule has 0 heterocycles. The maximum Gasteiger partial charge on any atom is 0.411 e. The van der Waals surface area contributed by atoms with E-state index in [2.05, 4.69) is 20.7 Å². The average molecular weight is 341 g/mol. The number of benzene rings is 1. The molecular weight excluding hydrogens is 329 g/mol. The number of Topliss-reactive ketones (excluding diaryl/α,β-unsaturated/α-hetero) is 1. The summed E-state index contributed by atoms with van der Waals surface area (Å²) in [7, 11) is 1.49. The van der Waals surface area contributed by atoms with Crippen LogP contribution < -0.4 is 4.74 Å². The molecule has 1 rings (SSSR count). The molecule has 0 aliphatic carbocycles. The summed E-state index contributed by atoms with van der Waals surface area (Å²) in [6, 6.07) is 5.06. The van der Waals surface area contributed by atoms with Crippen molar-refractivity contribution in [3.63, 3.8) is 0 Å². The molecule has 0 fully saturated rings. The van der Waals surface area contributed by atoms with Crippen LogP contribution in [0.5, 0.6) is 5.75 Å². The summed E-state index contributed by atoms with van der Waals surface area (Å²) in [5.41, 5.74) is 0.639. The smallest absolute Gasteiger partial charge is 0.411 e. The third kappa shape index (κ3) is 6.07. The van der Waals surface area contributed by atoms with Crippen LogP contribution >= 0.6 is 15.9 Å². The molecule has 0 atom stereocenters. The van der Waals surface area contributed by atoms with E-state index in [0.29, 0.717) is 15.8 Å². The number of halogens is 4. The maximum atomic E-state index is 11.8. The van der Waals surface area contributed by atoms with Gasteiger partial charge in [0.15, 0.2) is 5.78 Å². The fourth-order valence-electron chi connectivity index (χ4n) is 1.36. The van der Waals surface area contributed by atoms with Gasteiger partial charge in [0.2, 0.25) is 0 Å². The van der Waals surface area contributed by atoms with Crippen LogP contribution in [0.1, 0.15) is 5.56 Å². The zero-order valence-electron chi connectivity index (χ0n) is 10.1. The minimum Gasteiger partial charge on any atom is -0.497 e. The van der Waals surface area contributed by atoms with E-state index in [1.165, 1.54) is 7.11 Å². The molecule has 0 saturated heterocycles. The minimum absolute atomic E-state index is 0.0182. The van der Waals surface area contributed by atoms with Crippen LogP contribution in [-0.4, -0.2) is 32.3 Å². The van der Waals surface area contributed by atoms with Crippen LogP contribution in [0, 0.1) is 0 Å². The molecule has 0 aromatic heterocycles. The van der Waals surface area contributed by atoms with E-state index in [0.717, 1.165) is 0 Å². The molecule has 0 aliphatic heterocycles. The standard InChI is InChI=1S/C12H12BrF3O3/c1-18-10-2-3-11(13)8(5-10)4-9(17)6-19-7-12(14,15)16/h2-3,5H,4,6-7H2,1H3. The predicted octanol–water partition coefficient (Wildman–Crippen LogP) is 3.15. The summed E-state index contributed by atoms with van der Waals surface area (Å²) in [6.45, 7) is -1.98. The first kappa shape index (κ1) is 16.0. The number of carbonyl (C=O) groups is 1. The van der Waals surface area contributed by atoms with Crippen molar-refractivity contribution >= 4 is 21.7 Å². The number of alkyl halides is 3. The molecular formula is C12H12BrF3O3. The molecule has 0 aliphatic rings. The molecule has 0 spiro atoms. The Morgan fingerprint density at radius 1 is 1.37 bits per heavy atom. The zero-order chi connectivity index (χ0) is 14.5. The Morgan fingerprint density at radius 3 is 2.63 bits per heavy atom. The summed E-state index contributed by atoms with van der Waals surface area (Å²) in [6.07, 6.45) is -4.44.